The Bertz CT molecular complexity index is 417. The van der Waals surface area contributed by atoms with Gasteiger partial charge >= 0.3 is 0 Å². The van der Waals surface area contributed by atoms with E-state index in [0.717, 1.165) is 24.8 Å². The van der Waals surface area contributed by atoms with Crippen molar-refractivity contribution in [3.63, 3.8) is 0 Å². The van der Waals surface area contributed by atoms with Gasteiger partial charge in [0.1, 0.15) is 5.54 Å². The van der Waals surface area contributed by atoms with Gasteiger partial charge < -0.3 is 10.5 Å². The van der Waals surface area contributed by atoms with Crippen LogP contribution >= 0.6 is 0 Å². The van der Waals surface area contributed by atoms with Gasteiger partial charge in [0.25, 0.3) is 0 Å². The van der Waals surface area contributed by atoms with Gasteiger partial charge in [0.2, 0.25) is 5.91 Å². The molecule has 0 aromatic heterocycles. The van der Waals surface area contributed by atoms with Gasteiger partial charge in [-0.3, -0.25) is 10.1 Å². The summed E-state index contributed by atoms with van der Waals surface area (Å²) in [6.45, 7) is 2.97. The van der Waals surface area contributed by atoms with Crippen molar-refractivity contribution in [1.29, 1.82) is 0 Å². The molecule has 0 radical (unpaired) electrons. The standard InChI is InChI=1S/C15H22N2O2/c1-2-10-19-11-15(14(16)18,17-13-8-9-13)12-6-4-3-5-7-12/h3-7,13,17H,2,8-11H2,1H3,(H2,16,18). The zero-order chi connectivity index (χ0) is 13.7. The lowest BCUT2D eigenvalue weighted by Crippen LogP contribution is -2.56. The summed E-state index contributed by atoms with van der Waals surface area (Å²) >= 11 is 0. The summed E-state index contributed by atoms with van der Waals surface area (Å²) in [7, 11) is 0. The number of nitrogens with one attached hydrogen (secondary N) is 1. The Balaban J connectivity index is 2.24. The van der Waals surface area contributed by atoms with Crippen LogP contribution in [0, 0.1) is 0 Å². The molecule has 4 nitrogen and oxygen atoms in total. The van der Waals surface area contributed by atoms with Gasteiger partial charge in [-0.25, -0.2) is 0 Å². The minimum Gasteiger partial charge on any atom is -0.379 e. The summed E-state index contributed by atoms with van der Waals surface area (Å²) in [6.07, 6.45) is 3.11. The summed E-state index contributed by atoms with van der Waals surface area (Å²) in [4.78, 5) is 12.1. The van der Waals surface area contributed by atoms with Crippen LogP contribution < -0.4 is 11.1 Å². The minimum absolute atomic E-state index is 0.288. The van der Waals surface area contributed by atoms with Crippen LogP contribution in [0.2, 0.25) is 0 Å². The Kier molecular flexibility index (Phi) is 4.56. The molecular weight excluding hydrogens is 240 g/mol. The van der Waals surface area contributed by atoms with Crippen molar-refractivity contribution in [2.24, 2.45) is 5.73 Å². The van der Waals surface area contributed by atoms with E-state index in [1.54, 1.807) is 0 Å². The SMILES string of the molecule is CCCOCC(NC1CC1)(C(N)=O)c1ccccc1. The average molecular weight is 262 g/mol. The monoisotopic (exact) mass is 262 g/mol. The lowest BCUT2D eigenvalue weighted by atomic mass is 9.89. The predicted octanol–water partition coefficient (Wildman–Crippen LogP) is 1.55. The number of carbonyl (C=O) groups excluding carboxylic acids is 1. The molecule has 1 fully saturated rings. The largest absolute Gasteiger partial charge is 0.379 e. The summed E-state index contributed by atoms with van der Waals surface area (Å²) in [5.74, 6) is -0.373. The van der Waals surface area contributed by atoms with Gasteiger partial charge in [0.15, 0.2) is 0 Å². The Labute approximate surface area is 114 Å². The summed E-state index contributed by atoms with van der Waals surface area (Å²) in [5, 5.41) is 3.38. The second-order valence-electron chi connectivity index (χ2n) is 5.11. The van der Waals surface area contributed by atoms with E-state index in [9.17, 15) is 4.79 Å². The third kappa shape index (κ3) is 3.33. The van der Waals surface area contributed by atoms with Crippen molar-refractivity contribution in [1.82, 2.24) is 5.32 Å². The highest BCUT2D eigenvalue weighted by atomic mass is 16.5. The second-order valence-corrected chi connectivity index (χ2v) is 5.11. The Morgan fingerprint density at radius 3 is 2.63 bits per heavy atom. The molecule has 4 heteroatoms. The first-order chi connectivity index (χ1) is 9.19. The van der Waals surface area contributed by atoms with Gasteiger partial charge in [-0.2, -0.15) is 0 Å². The molecule has 1 saturated carbocycles. The zero-order valence-electron chi connectivity index (χ0n) is 11.4. The van der Waals surface area contributed by atoms with Gasteiger partial charge in [-0.15, -0.1) is 0 Å². The number of hydrogen-bond donors (Lipinski definition) is 2. The third-order valence-corrected chi connectivity index (χ3v) is 3.38. The normalized spacial score (nSPS) is 17.9. The predicted molar refractivity (Wildman–Crippen MR) is 74.6 cm³/mol. The fourth-order valence-electron chi connectivity index (χ4n) is 2.16. The number of nitrogens with two attached hydrogens (primary N) is 1. The smallest absolute Gasteiger partial charge is 0.244 e. The molecule has 1 aromatic rings. The number of rotatable bonds is 8. The van der Waals surface area contributed by atoms with Crippen LogP contribution in [-0.4, -0.2) is 25.2 Å². The topological polar surface area (TPSA) is 64.3 Å². The number of hydrogen-bond acceptors (Lipinski definition) is 3. The van der Waals surface area contributed by atoms with Crippen molar-refractivity contribution in [3.05, 3.63) is 35.9 Å². The Morgan fingerprint density at radius 2 is 2.11 bits per heavy atom. The van der Waals surface area contributed by atoms with Crippen LogP contribution in [0.5, 0.6) is 0 Å². The van der Waals surface area contributed by atoms with Crippen molar-refractivity contribution >= 4 is 5.91 Å². The first-order valence-electron chi connectivity index (χ1n) is 6.90. The van der Waals surface area contributed by atoms with Crippen LogP contribution in [0.3, 0.4) is 0 Å². The highest BCUT2D eigenvalue weighted by Gasteiger charge is 2.42. The molecule has 0 spiro atoms. The van der Waals surface area contributed by atoms with Crippen LogP contribution in [0.25, 0.3) is 0 Å². The Hall–Kier alpha value is -1.39. The first kappa shape index (κ1) is 14.0. The van der Waals surface area contributed by atoms with Crippen molar-refractivity contribution in [2.45, 2.75) is 37.8 Å². The fourth-order valence-corrected chi connectivity index (χ4v) is 2.16. The zero-order valence-corrected chi connectivity index (χ0v) is 11.4. The summed E-state index contributed by atoms with van der Waals surface area (Å²) < 4.78 is 5.63. The van der Waals surface area contributed by atoms with E-state index in [0.29, 0.717) is 12.6 Å². The summed E-state index contributed by atoms with van der Waals surface area (Å²) in [5.41, 5.74) is 5.66. The van der Waals surface area contributed by atoms with Crippen LogP contribution in [0.15, 0.2) is 30.3 Å². The first-order valence-corrected chi connectivity index (χ1v) is 6.90. The number of carbonyl (C=O) groups is 1. The molecule has 0 bridgehead atoms. The second kappa shape index (κ2) is 6.17. The van der Waals surface area contributed by atoms with E-state index < -0.39 is 5.54 Å². The number of primary amides is 1. The molecule has 1 aromatic carbocycles. The maximum Gasteiger partial charge on any atom is 0.244 e. The number of benzene rings is 1. The van der Waals surface area contributed by atoms with E-state index in [-0.39, 0.29) is 12.5 Å². The van der Waals surface area contributed by atoms with Gasteiger partial charge in [-0.05, 0) is 24.8 Å². The van der Waals surface area contributed by atoms with Crippen molar-refractivity contribution in [2.75, 3.05) is 13.2 Å². The highest BCUT2D eigenvalue weighted by Crippen LogP contribution is 2.29. The van der Waals surface area contributed by atoms with Gasteiger partial charge in [-0.1, -0.05) is 37.3 Å². The van der Waals surface area contributed by atoms with Crippen molar-refractivity contribution in [3.8, 4) is 0 Å². The van der Waals surface area contributed by atoms with Gasteiger partial charge in [0.05, 0.1) is 6.61 Å². The molecule has 1 aliphatic rings. The van der Waals surface area contributed by atoms with E-state index >= 15 is 0 Å². The number of ether oxygens (including phenoxy) is 1. The van der Waals surface area contributed by atoms with E-state index in [1.165, 1.54) is 0 Å². The molecule has 1 unspecified atom stereocenters. The molecule has 2 rings (SSSR count). The average Bonchev–Trinajstić information content (AvgIpc) is 3.22. The third-order valence-electron chi connectivity index (χ3n) is 3.38. The molecule has 1 aliphatic carbocycles. The molecule has 1 atom stereocenters. The van der Waals surface area contributed by atoms with E-state index in [4.69, 9.17) is 10.5 Å². The quantitative estimate of drug-likeness (QED) is 0.699. The lowest BCUT2D eigenvalue weighted by Gasteiger charge is -2.32. The van der Waals surface area contributed by atoms with Crippen molar-refractivity contribution < 1.29 is 9.53 Å². The molecule has 1 amide bonds. The molecule has 104 valence electrons. The molecule has 0 saturated heterocycles. The van der Waals surface area contributed by atoms with Crippen LogP contribution in [-0.2, 0) is 15.1 Å². The van der Waals surface area contributed by atoms with Crippen LogP contribution in [0.1, 0.15) is 31.7 Å². The highest BCUT2D eigenvalue weighted by molar-refractivity contribution is 5.86. The summed E-state index contributed by atoms with van der Waals surface area (Å²) in [6, 6.07) is 9.99. The van der Waals surface area contributed by atoms with Crippen LogP contribution in [0.4, 0.5) is 0 Å². The van der Waals surface area contributed by atoms with E-state index in [2.05, 4.69) is 5.32 Å². The minimum atomic E-state index is -0.905. The lowest BCUT2D eigenvalue weighted by molar-refractivity contribution is -0.127. The fraction of sp³-hybridized carbons (Fsp3) is 0.533. The molecule has 0 aliphatic heterocycles. The number of amides is 1. The molecule has 0 heterocycles. The Morgan fingerprint density at radius 1 is 1.42 bits per heavy atom. The maximum absolute atomic E-state index is 12.1. The maximum atomic E-state index is 12.1. The van der Waals surface area contributed by atoms with E-state index in [1.807, 2.05) is 37.3 Å². The molecule has 3 N–H and O–H groups in total. The van der Waals surface area contributed by atoms with Gasteiger partial charge in [0, 0.05) is 12.6 Å². The molecule has 19 heavy (non-hydrogen) atoms. The molecular formula is C15H22N2O2.